The monoisotopic (exact) mass is 476 g/mol. The van der Waals surface area contributed by atoms with Gasteiger partial charge in [-0.05, 0) is 61.8 Å². The van der Waals surface area contributed by atoms with Crippen molar-refractivity contribution in [3.63, 3.8) is 0 Å². The summed E-state index contributed by atoms with van der Waals surface area (Å²) in [4.78, 5) is 26.7. The van der Waals surface area contributed by atoms with E-state index in [1.165, 1.54) is 16.5 Å². The summed E-state index contributed by atoms with van der Waals surface area (Å²) in [6, 6.07) is 11.7. The molecule has 0 radical (unpaired) electrons. The second-order valence-electron chi connectivity index (χ2n) is 7.73. The predicted octanol–water partition coefficient (Wildman–Crippen LogP) is 4.51. The first-order valence-corrected chi connectivity index (χ1v) is 11.4. The van der Waals surface area contributed by atoms with E-state index in [9.17, 15) is 9.59 Å². The van der Waals surface area contributed by atoms with Crippen molar-refractivity contribution < 1.29 is 19.1 Å². The summed E-state index contributed by atoms with van der Waals surface area (Å²) >= 11 is 5.12. The normalized spacial score (nSPS) is 14.7. The van der Waals surface area contributed by atoms with Crippen LogP contribution in [0.15, 0.2) is 67.3 Å². The Balaban J connectivity index is 1.99. The van der Waals surface area contributed by atoms with E-state index in [-0.39, 0.29) is 17.2 Å². The van der Waals surface area contributed by atoms with Gasteiger partial charge in [0.15, 0.2) is 16.6 Å². The molecule has 2 aromatic carbocycles. The summed E-state index contributed by atoms with van der Waals surface area (Å²) in [5.74, 6) is 0.121. The fourth-order valence-electron chi connectivity index (χ4n) is 3.50. The van der Waals surface area contributed by atoms with Gasteiger partial charge in [-0.25, -0.2) is 0 Å². The van der Waals surface area contributed by atoms with Crippen LogP contribution in [0, 0.1) is 6.92 Å². The Morgan fingerprint density at radius 1 is 1.09 bits per heavy atom. The third kappa shape index (κ3) is 5.80. The zero-order chi connectivity index (χ0) is 24.7. The van der Waals surface area contributed by atoms with Gasteiger partial charge in [0.2, 0.25) is 0 Å². The maximum absolute atomic E-state index is 12.9. The zero-order valence-electron chi connectivity index (χ0n) is 19.4. The molecule has 1 fully saturated rings. The lowest BCUT2D eigenvalue weighted by atomic mass is 10.0. The minimum atomic E-state index is -0.543. The van der Waals surface area contributed by atoms with Crippen LogP contribution in [0.2, 0.25) is 0 Å². The number of nitrogens with one attached hydrogen (secondary N) is 1. The van der Waals surface area contributed by atoms with E-state index in [1.807, 2.05) is 44.2 Å². The van der Waals surface area contributed by atoms with Gasteiger partial charge >= 0.3 is 0 Å². The molecule has 3 rings (SSSR count). The molecule has 0 unspecified atom stereocenters. The number of thiocarbonyl (C=S) groups is 1. The number of nitrogens with zero attached hydrogens (tertiary/aromatic N) is 1. The topological polar surface area (TPSA) is 67.9 Å². The molecular weight excluding hydrogens is 448 g/mol. The highest BCUT2D eigenvalue weighted by atomic mass is 32.1. The fraction of sp³-hybridized carbons (Fsp3) is 0.222. The summed E-state index contributed by atoms with van der Waals surface area (Å²) < 4.78 is 12.0. The van der Waals surface area contributed by atoms with Crippen molar-refractivity contribution in [3.05, 3.63) is 89.5 Å². The van der Waals surface area contributed by atoms with Crippen LogP contribution < -0.4 is 14.8 Å². The number of hydrogen-bond acceptors (Lipinski definition) is 5. The van der Waals surface area contributed by atoms with Crippen LogP contribution in [0.3, 0.4) is 0 Å². The Kier molecular flexibility index (Phi) is 8.38. The van der Waals surface area contributed by atoms with Crippen LogP contribution in [0.1, 0.15) is 29.2 Å². The van der Waals surface area contributed by atoms with Crippen molar-refractivity contribution in [1.29, 1.82) is 0 Å². The quantitative estimate of drug-likeness (QED) is 0.236. The van der Waals surface area contributed by atoms with E-state index in [1.54, 1.807) is 18.2 Å². The molecule has 0 saturated carbocycles. The van der Waals surface area contributed by atoms with Gasteiger partial charge < -0.3 is 9.47 Å². The van der Waals surface area contributed by atoms with Crippen LogP contribution in [-0.4, -0.2) is 35.0 Å². The summed E-state index contributed by atoms with van der Waals surface area (Å²) in [6.07, 6.45) is 5.37. The molecule has 2 aromatic rings. The Labute approximate surface area is 205 Å². The molecule has 0 atom stereocenters. The van der Waals surface area contributed by atoms with Gasteiger partial charge in [-0.1, -0.05) is 42.0 Å². The minimum absolute atomic E-state index is 0.0178. The summed E-state index contributed by atoms with van der Waals surface area (Å²) in [7, 11) is 0. The number of ether oxygens (including phenoxy) is 2. The van der Waals surface area contributed by atoms with Gasteiger partial charge in [0.05, 0.1) is 6.61 Å². The first-order valence-electron chi connectivity index (χ1n) is 11.0. The van der Waals surface area contributed by atoms with Crippen LogP contribution >= 0.6 is 12.2 Å². The van der Waals surface area contributed by atoms with Crippen molar-refractivity contribution in [3.8, 4) is 11.5 Å². The molecule has 6 nitrogen and oxygen atoms in total. The average molecular weight is 477 g/mol. The highest BCUT2D eigenvalue weighted by molar-refractivity contribution is 7.80. The first-order chi connectivity index (χ1) is 16.4. The molecule has 0 aliphatic carbocycles. The van der Waals surface area contributed by atoms with Crippen LogP contribution in [0.5, 0.6) is 11.5 Å². The molecule has 7 heteroatoms. The Morgan fingerprint density at radius 2 is 1.82 bits per heavy atom. The lowest BCUT2D eigenvalue weighted by Crippen LogP contribution is -2.53. The minimum Gasteiger partial charge on any atom is -0.490 e. The standard InChI is InChI=1S/C27H28N2O4S/c1-5-8-21-14-20(15-22-25(30)28-27(34)29(13-6-2)26(22)31)16-23(32-7-3)24(21)33-17-19-11-9-18(4)10-12-19/h5-6,9-12,14-16H,1-2,7-8,13,17H2,3-4H3,(H,28,30,34)/b22-15+. The van der Waals surface area contributed by atoms with Crippen molar-refractivity contribution >= 4 is 35.2 Å². The molecule has 0 aromatic heterocycles. The third-order valence-corrected chi connectivity index (χ3v) is 5.45. The smallest absolute Gasteiger partial charge is 0.265 e. The van der Waals surface area contributed by atoms with E-state index < -0.39 is 11.8 Å². The zero-order valence-corrected chi connectivity index (χ0v) is 20.2. The molecule has 1 saturated heterocycles. The second kappa shape index (κ2) is 11.4. The molecule has 34 heavy (non-hydrogen) atoms. The molecule has 1 heterocycles. The van der Waals surface area contributed by atoms with Gasteiger partial charge in [-0.15, -0.1) is 13.2 Å². The van der Waals surface area contributed by atoms with Gasteiger partial charge in [-0.3, -0.25) is 19.8 Å². The number of rotatable bonds is 10. The largest absolute Gasteiger partial charge is 0.490 e. The number of allylic oxidation sites excluding steroid dienone is 1. The van der Waals surface area contributed by atoms with Crippen molar-refractivity contribution in [2.24, 2.45) is 0 Å². The number of aryl methyl sites for hydroxylation is 1. The molecule has 2 amide bonds. The Hall–Kier alpha value is -3.71. The lowest BCUT2D eigenvalue weighted by Gasteiger charge is -2.27. The Morgan fingerprint density at radius 3 is 2.47 bits per heavy atom. The summed E-state index contributed by atoms with van der Waals surface area (Å²) in [6.45, 7) is 12.4. The summed E-state index contributed by atoms with van der Waals surface area (Å²) in [5.41, 5.74) is 3.66. The highest BCUT2D eigenvalue weighted by Crippen LogP contribution is 2.35. The maximum atomic E-state index is 12.9. The van der Waals surface area contributed by atoms with E-state index in [0.29, 0.717) is 36.7 Å². The van der Waals surface area contributed by atoms with Crippen LogP contribution in [-0.2, 0) is 22.6 Å². The van der Waals surface area contributed by atoms with Crippen molar-refractivity contribution in [2.45, 2.75) is 26.9 Å². The number of benzene rings is 2. The molecule has 0 spiro atoms. The molecular formula is C27H28N2O4S. The first kappa shape index (κ1) is 24.9. The van der Waals surface area contributed by atoms with E-state index >= 15 is 0 Å². The molecule has 1 aliphatic rings. The Bertz CT molecular complexity index is 1150. The van der Waals surface area contributed by atoms with Gasteiger partial charge in [-0.2, -0.15) is 0 Å². The molecule has 176 valence electrons. The molecule has 1 N–H and O–H groups in total. The molecule has 1 aliphatic heterocycles. The molecule has 0 bridgehead atoms. The number of amides is 2. The van der Waals surface area contributed by atoms with Gasteiger partial charge in [0.25, 0.3) is 11.8 Å². The van der Waals surface area contributed by atoms with Crippen molar-refractivity contribution in [2.75, 3.05) is 13.2 Å². The second-order valence-corrected chi connectivity index (χ2v) is 8.12. The third-order valence-electron chi connectivity index (χ3n) is 5.13. The van der Waals surface area contributed by atoms with Gasteiger partial charge in [0, 0.05) is 12.1 Å². The van der Waals surface area contributed by atoms with E-state index in [4.69, 9.17) is 21.7 Å². The SMILES string of the molecule is C=CCc1cc(/C=C2\C(=O)NC(=S)N(CC=C)C2=O)cc(OCC)c1OCc1ccc(C)cc1. The van der Waals surface area contributed by atoms with E-state index in [2.05, 4.69) is 18.5 Å². The van der Waals surface area contributed by atoms with Gasteiger partial charge in [0.1, 0.15) is 12.2 Å². The lowest BCUT2D eigenvalue weighted by molar-refractivity contribution is -0.128. The fourth-order valence-corrected chi connectivity index (χ4v) is 3.75. The van der Waals surface area contributed by atoms with Crippen LogP contribution in [0.4, 0.5) is 0 Å². The maximum Gasteiger partial charge on any atom is 0.265 e. The number of carbonyl (C=O) groups is 2. The predicted molar refractivity (Wildman–Crippen MR) is 138 cm³/mol. The average Bonchev–Trinajstić information content (AvgIpc) is 2.80. The van der Waals surface area contributed by atoms with Crippen molar-refractivity contribution in [1.82, 2.24) is 10.2 Å². The summed E-state index contributed by atoms with van der Waals surface area (Å²) in [5, 5.41) is 2.62. The van der Waals surface area contributed by atoms with E-state index in [0.717, 1.165) is 11.1 Å². The van der Waals surface area contributed by atoms with Crippen LogP contribution in [0.25, 0.3) is 6.08 Å². The number of carbonyl (C=O) groups excluding carboxylic acids is 2. The highest BCUT2D eigenvalue weighted by Gasteiger charge is 2.32. The number of hydrogen-bond donors (Lipinski definition) is 1.